The van der Waals surface area contributed by atoms with Crippen molar-refractivity contribution in [2.24, 2.45) is 0 Å². The van der Waals surface area contributed by atoms with Gasteiger partial charge in [0.1, 0.15) is 11.6 Å². The smallest absolute Gasteiger partial charge is 0.128 e. The summed E-state index contributed by atoms with van der Waals surface area (Å²) in [6.45, 7) is 13.1. The minimum atomic E-state index is 0.454. The summed E-state index contributed by atoms with van der Waals surface area (Å²) in [5, 5.41) is 6.72. The molecule has 1 heterocycles. The fourth-order valence-corrected chi connectivity index (χ4v) is 2.28. The predicted octanol–water partition coefficient (Wildman–Crippen LogP) is 3.44. The molecule has 1 aromatic heterocycles. The van der Waals surface area contributed by atoms with Crippen LogP contribution in [0.25, 0.3) is 0 Å². The lowest BCUT2D eigenvalue weighted by molar-refractivity contribution is 0.295. The highest BCUT2D eigenvalue weighted by molar-refractivity contribution is 5.45. The summed E-state index contributed by atoms with van der Waals surface area (Å²) in [6, 6.07) is 6.52. The molecule has 0 aliphatic heterocycles. The summed E-state index contributed by atoms with van der Waals surface area (Å²) in [6.07, 6.45) is 2.40. The molecule has 0 saturated carbocycles. The fraction of sp³-hybridized carbons (Fsp3) is 0.688. The molecule has 0 bridgehead atoms. The van der Waals surface area contributed by atoms with Crippen LogP contribution < -0.4 is 10.6 Å². The molecule has 2 N–H and O–H groups in total. The average Bonchev–Trinajstić information content (AvgIpc) is 2.44. The quantitative estimate of drug-likeness (QED) is 0.688. The molecule has 0 fully saturated rings. The Kier molecular flexibility index (Phi) is 8.04. The molecule has 4 nitrogen and oxygen atoms in total. The third-order valence-electron chi connectivity index (χ3n) is 3.51. The van der Waals surface area contributed by atoms with Gasteiger partial charge >= 0.3 is 0 Å². The Morgan fingerprint density at radius 1 is 1.15 bits per heavy atom. The van der Waals surface area contributed by atoms with Crippen LogP contribution in [0.4, 0.5) is 11.6 Å². The second kappa shape index (κ2) is 9.59. The van der Waals surface area contributed by atoms with E-state index >= 15 is 0 Å². The number of nitrogens with one attached hydrogen (secondary N) is 2. The number of pyridine rings is 1. The number of hydrogen-bond acceptors (Lipinski definition) is 4. The molecule has 1 atom stereocenters. The van der Waals surface area contributed by atoms with Crippen molar-refractivity contribution in [1.82, 2.24) is 9.88 Å². The van der Waals surface area contributed by atoms with Crippen molar-refractivity contribution >= 4 is 11.6 Å². The fourth-order valence-electron chi connectivity index (χ4n) is 2.28. The predicted molar refractivity (Wildman–Crippen MR) is 88.5 cm³/mol. The van der Waals surface area contributed by atoms with Crippen LogP contribution in [0.3, 0.4) is 0 Å². The van der Waals surface area contributed by atoms with Crippen molar-refractivity contribution < 1.29 is 0 Å². The minimum Gasteiger partial charge on any atom is -0.370 e. The first-order chi connectivity index (χ1) is 9.69. The first kappa shape index (κ1) is 16.8. The van der Waals surface area contributed by atoms with E-state index in [4.69, 9.17) is 0 Å². The second-order valence-electron chi connectivity index (χ2n) is 5.15. The molecule has 0 spiro atoms. The van der Waals surface area contributed by atoms with Crippen molar-refractivity contribution in [2.45, 2.75) is 46.6 Å². The lowest BCUT2D eigenvalue weighted by atomic mass is 10.1. The molecule has 1 aromatic rings. The van der Waals surface area contributed by atoms with E-state index < -0.39 is 0 Å². The third kappa shape index (κ3) is 6.24. The van der Waals surface area contributed by atoms with Crippen LogP contribution in [0.2, 0.25) is 0 Å². The number of nitrogens with zero attached hydrogens (tertiary/aromatic N) is 2. The van der Waals surface area contributed by atoms with Gasteiger partial charge in [0.2, 0.25) is 0 Å². The van der Waals surface area contributed by atoms with Gasteiger partial charge in [0.05, 0.1) is 0 Å². The average molecular weight is 278 g/mol. The maximum absolute atomic E-state index is 4.55. The van der Waals surface area contributed by atoms with E-state index in [9.17, 15) is 0 Å². The second-order valence-corrected chi connectivity index (χ2v) is 5.15. The van der Waals surface area contributed by atoms with Gasteiger partial charge in [-0.25, -0.2) is 4.98 Å². The van der Waals surface area contributed by atoms with Crippen molar-refractivity contribution in [2.75, 3.05) is 36.8 Å². The van der Waals surface area contributed by atoms with Gasteiger partial charge in [-0.3, -0.25) is 0 Å². The van der Waals surface area contributed by atoms with Crippen LogP contribution in [0.5, 0.6) is 0 Å². The summed E-state index contributed by atoms with van der Waals surface area (Å²) in [5.74, 6) is 1.90. The zero-order valence-corrected chi connectivity index (χ0v) is 13.4. The Hall–Kier alpha value is -1.29. The topological polar surface area (TPSA) is 40.2 Å². The molecular formula is C16H30N4. The van der Waals surface area contributed by atoms with Gasteiger partial charge in [-0.05, 0) is 58.5 Å². The third-order valence-corrected chi connectivity index (χ3v) is 3.51. The monoisotopic (exact) mass is 278 g/mol. The molecule has 0 radical (unpaired) electrons. The molecule has 1 unspecified atom stereocenters. The molecule has 1 rings (SSSR count). The van der Waals surface area contributed by atoms with Gasteiger partial charge in [-0.15, -0.1) is 0 Å². The molecule has 0 amide bonds. The number of anilines is 2. The van der Waals surface area contributed by atoms with Crippen LogP contribution >= 0.6 is 0 Å². The molecule has 0 saturated heterocycles. The van der Waals surface area contributed by atoms with Crippen LogP contribution in [0.1, 0.15) is 40.5 Å². The Balaban J connectivity index is 2.34. The Labute approximate surface area is 124 Å². The highest BCUT2D eigenvalue weighted by atomic mass is 15.1. The summed E-state index contributed by atoms with van der Waals surface area (Å²) >= 11 is 0. The molecular weight excluding hydrogens is 248 g/mol. The van der Waals surface area contributed by atoms with Crippen LogP contribution in [0.15, 0.2) is 18.2 Å². The standard InChI is InChI=1S/C16H30N4/c1-5-17-15-11-8-12-16(19-15)18-14(4)10-9-13-20(6-2)7-3/h8,11-12,14H,5-7,9-10,13H2,1-4H3,(H2,17,18,19). The highest BCUT2D eigenvalue weighted by Crippen LogP contribution is 2.12. The number of hydrogen-bond donors (Lipinski definition) is 2. The first-order valence-corrected chi connectivity index (χ1v) is 7.89. The van der Waals surface area contributed by atoms with Gasteiger partial charge in [0.15, 0.2) is 0 Å². The lowest BCUT2D eigenvalue weighted by Gasteiger charge is -2.20. The van der Waals surface area contributed by atoms with Crippen molar-refractivity contribution in [1.29, 1.82) is 0 Å². The lowest BCUT2D eigenvalue weighted by Crippen LogP contribution is -2.25. The van der Waals surface area contributed by atoms with Crippen molar-refractivity contribution in [3.05, 3.63) is 18.2 Å². The van der Waals surface area contributed by atoms with Crippen LogP contribution in [-0.4, -0.2) is 42.1 Å². The van der Waals surface area contributed by atoms with Crippen LogP contribution in [0, 0.1) is 0 Å². The van der Waals surface area contributed by atoms with Crippen molar-refractivity contribution in [3.63, 3.8) is 0 Å². The van der Waals surface area contributed by atoms with Gasteiger partial charge in [-0.1, -0.05) is 19.9 Å². The van der Waals surface area contributed by atoms with Gasteiger partial charge in [0.25, 0.3) is 0 Å². The summed E-state index contributed by atoms with van der Waals surface area (Å²) in [5.41, 5.74) is 0. The molecule has 0 aromatic carbocycles. The first-order valence-electron chi connectivity index (χ1n) is 7.89. The zero-order valence-electron chi connectivity index (χ0n) is 13.4. The number of aromatic nitrogens is 1. The molecule has 114 valence electrons. The van der Waals surface area contributed by atoms with E-state index in [1.807, 2.05) is 18.2 Å². The van der Waals surface area contributed by atoms with E-state index in [0.29, 0.717) is 6.04 Å². The SMILES string of the molecule is CCNc1cccc(NC(C)CCCN(CC)CC)n1. The summed E-state index contributed by atoms with van der Waals surface area (Å²) in [4.78, 5) is 7.01. The van der Waals surface area contributed by atoms with Gasteiger partial charge < -0.3 is 15.5 Å². The van der Waals surface area contributed by atoms with Gasteiger partial charge in [0, 0.05) is 12.6 Å². The summed E-state index contributed by atoms with van der Waals surface area (Å²) < 4.78 is 0. The van der Waals surface area contributed by atoms with E-state index in [-0.39, 0.29) is 0 Å². The normalized spacial score (nSPS) is 12.4. The molecule has 4 heteroatoms. The van der Waals surface area contributed by atoms with Gasteiger partial charge in [-0.2, -0.15) is 0 Å². The van der Waals surface area contributed by atoms with E-state index in [1.54, 1.807) is 0 Å². The zero-order chi connectivity index (χ0) is 14.8. The van der Waals surface area contributed by atoms with Crippen LogP contribution in [-0.2, 0) is 0 Å². The van der Waals surface area contributed by atoms with E-state index in [1.165, 1.54) is 19.4 Å². The Morgan fingerprint density at radius 2 is 1.85 bits per heavy atom. The number of rotatable bonds is 10. The Bertz CT molecular complexity index is 363. The minimum absolute atomic E-state index is 0.454. The highest BCUT2D eigenvalue weighted by Gasteiger charge is 2.05. The largest absolute Gasteiger partial charge is 0.370 e. The summed E-state index contributed by atoms with van der Waals surface area (Å²) in [7, 11) is 0. The molecule has 20 heavy (non-hydrogen) atoms. The maximum atomic E-state index is 4.55. The molecule has 0 aliphatic carbocycles. The molecule has 0 aliphatic rings. The van der Waals surface area contributed by atoms with E-state index in [0.717, 1.165) is 31.3 Å². The van der Waals surface area contributed by atoms with Crippen molar-refractivity contribution in [3.8, 4) is 0 Å². The van der Waals surface area contributed by atoms with E-state index in [2.05, 4.69) is 48.2 Å². The maximum Gasteiger partial charge on any atom is 0.128 e. The Morgan fingerprint density at radius 3 is 2.50 bits per heavy atom.